The highest BCUT2D eigenvalue weighted by atomic mass is 16.5. The molecule has 23 heavy (non-hydrogen) atoms. The quantitative estimate of drug-likeness (QED) is 0.792. The van der Waals surface area contributed by atoms with Gasteiger partial charge in [0, 0.05) is 5.69 Å². The summed E-state index contributed by atoms with van der Waals surface area (Å²) in [6, 6.07) is 7.99. The monoisotopic (exact) mass is 318 g/mol. The van der Waals surface area contributed by atoms with Gasteiger partial charge in [0.05, 0.1) is 19.3 Å². The molecule has 0 atom stereocenters. The van der Waals surface area contributed by atoms with Crippen molar-refractivity contribution in [2.75, 3.05) is 25.0 Å². The zero-order valence-electron chi connectivity index (χ0n) is 14.5. The summed E-state index contributed by atoms with van der Waals surface area (Å²) < 4.78 is 6.01. The Labute approximate surface area is 140 Å². The van der Waals surface area contributed by atoms with Gasteiger partial charge in [-0.1, -0.05) is 45.2 Å². The van der Waals surface area contributed by atoms with Crippen LogP contribution in [0.5, 0.6) is 0 Å². The molecule has 0 spiro atoms. The molecule has 0 unspecified atom stereocenters. The maximum Gasteiger partial charge on any atom is 0.238 e. The molecule has 1 N–H and O–H groups in total. The third kappa shape index (κ3) is 6.32. The fourth-order valence-corrected chi connectivity index (χ4v) is 3.04. The van der Waals surface area contributed by atoms with Gasteiger partial charge in [0.15, 0.2) is 0 Å². The van der Waals surface area contributed by atoms with E-state index in [0.717, 1.165) is 24.3 Å². The molecule has 2 rings (SSSR count). The van der Waals surface area contributed by atoms with Crippen molar-refractivity contribution in [3.8, 4) is 0 Å². The van der Waals surface area contributed by atoms with Crippen LogP contribution < -0.4 is 5.32 Å². The molecule has 1 aliphatic carbocycles. The van der Waals surface area contributed by atoms with E-state index >= 15 is 0 Å². The van der Waals surface area contributed by atoms with Crippen molar-refractivity contribution in [2.24, 2.45) is 0 Å². The number of nitrogens with zero attached hydrogens (tertiary/aromatic N) is 1. The van der Waals surface area contributed by atoms with Crippen LogP contribution in [0.4, 0.5) is 5.69 Å². The average molecular weight is 318 g/mol. The molecular formula is C19H30N2O2. The van der Waals surface area contributed by atoms with Crippen LogP contribution in [0.2, 0.25) is 0 Å². The molecule has 4 heteroatoms. The number of hydrogen-bond acceptors (Lipinski definition) is 3. The molecule has 0 saturated heterocycles. The highest BCUT2D eigenvalue weighted by molar-refractivity contribution is 5.92. The highest BCUT2D eigenvalue weighted by Crippen LogP contribution is 2.22. The summed E-state index contributed by atoms with van der Waals surface area (Å²) in [5.74, 6) is 0.0408. The van der Waals surface area contributed by atoms with Gasteiger partial charge in [-0.3, -0.25) is 9.69 Å². The number of carbonyl (C=O) groups excluding carboxylic acids is 1. The minimum absolute atomic E-state index is 0.0408. The maximum absolute atomic E-state index is 12.1. The Morgan fingerprint density at radius 3 is 2.65 bits per heavy atom. The van der Waals surface area contributed by atoms with E-state index in [2.05, 4.69) is 30.1 Å². The second-order valence-corrected chi connectivity index (χ2v) is 6.28. The summed E-state index contributed by atoms with van der Waals surface area (Å²) in [6.45, 7) is 6.98. The first-order chi connectivity index (χ1) is 11.2. The summed E-state index contributed by atoms with van der Waals surface area (Å²) in [7, 11) is 0. The number of carbonyl (C=O) groups is 1. The summed E-state index contributed by atoms with van der Waals surface area (Å²) in [4.78, 5) is 14.2. The van der Waals surface area contributed by atoms with Crippen molar-refractivity contribution < 1.29 is 9.53 Å². The highest BCUT2D eigenvalue weighted by Gasteiger charge is 2.14. The van der Waals surface area contributed by atoms with Crippen molar-refractivity contribution in [3.05, 3.63) is 29.8 Å². The van der Waals surface area contributed by atoms with E-state index in [1.165, 1.54) is 32.1 Å². The second kappa shape index (κ2) is 9.68. The lowest BCUT2D eigenvalue weighted by molar-refractivity contribution is -0.117. The first-order valence-corrected chi connectivity index (χ1v) is 8.94. The van der Waals surface area contributed by atoms with E-state index in [9.17, 15) is 4.79 Å². The van der Waals surface area contributed by atoms with Crippen LogP contribution in [0.1, 0.15) is 51.5 Å². The third-order valence-corrected chi connectivity index (χ3v) is 4.51. The maximum atomic E-state index is 12.1. The van der Waals surface area contributed by atoms with Gasteiger partial charge in [-0.25, -0.2) is 0 Å². The molecule has 0 aliphatic heterocycles. The van der Waals surface area contributed by atoms with E-state index in [-0.39, 0.29) is 5.91 Å². The molecule has 4 nitrogen and oxygen atoms in total. The number of ether oxygens (including phenoxy) is 1. The molecule has 1 aromatic rings. The first-order valence-electron chi connectivity index (χ1n) is 8.94. The lowest BCUT2D eigenvalue weighted by Crippen LogP contribution is -2.32. The molecule has 1 amide bonds. The third-order valence-electron chi connectivity index (χ3n) is 4.51. The first kappa shape index (κ1) is 18.0. The van der Waals surface area contributed by atoms with Crippen molar-refractivity contribution in [2.45, 2.75) is 58.7 Å². The zero-order chi connectivity index (χ0) is 16.5. The predicted octanol–water partition coefficient (Wildman–Crippen LogP) is 3.82. The lowest BCUT2D eigenvalue weighted by Gasteiger charge is -2.22. The van der Waals surface area contributed by atoms with Gasteiger partial charge in [0.2, 0.25) is 5.91 Å². The van der Waals surface area contributed by atoms with Crippen LogP contribution in [0, 0.1) is 0 Å². The molecule has 1 aromatic carbocycles. The number of hydrogen-bond donors (Lipinski definition) is 1. The minimum Gasteiger partial charge on any atom is -0.374 e. The van der Waals surface area contributed by atoms with Crippen LogP contribution in [0.25, 0.3) is 0 Å². The molecule has 1 saturated carbocycles. The number of anilines is 1. The Hall–Kier alpha value is -1.39. The fraction of sp³-hybridized carbons (Fsp3) is 0.632. The zero-order valence-corrected chi connectivity index (χ0v) is 14.5. The van der Waals surface area contributed by atoms with Gasteiger partial charge >= 0.3 is 0 Å². The van der Waals surface area contributed by atoms with Gasteiger partial charge in [0.25, 0.3) is 0 Å². The van der Waals surface area contributed by atoms with Gasteiger partial charge in [-0.15, -0.1) is 0 Å². The summed E-state index contributed by atoms with van der Waals surface area (Å²) in [5.41, 5.74) is 1.98. The topological polar surface area (TPSA) is 41.6 Å². The standard InChI is InChI=1S/C19H30N2O2/c1-3-21(4-2)14-19(22)20-17-10-8-9-16(13-17)15-23-18-11-6-5-7-12-18/h8-10,13,18H,3-7,11-12,14-15H2,1-2H3,(H,20,22). The van der Waals surface area contributed by atoms with Crippen molar-refractivity contribution in [1.82, 2.24) is 4.90 Å². The number of benzene rings is 1. The molecular weight excluding hydrogens is 288 g/mol. The average Bonchev–Trinajstić information content (AvgIpc) is 2.59. The normalized spacial score (nSPS) is 15.8. The SMILES string of the molecule is CCN(CC)CC(=O)Nc1cccc(COC2CCCCC2)c1. The van der Waals surface area contributed by atoms with Crippen LogP contribution in [0.3, 0.4) is 0 Å². The van der Waals surface area contributed by atoms with Crippen molar-refractivity contribution in [3.63, 3.8) is 0 Å². The summed E-state index contributed by atoms with van der Waals surface area (Å²) in [6.07, 6.45) is 6.68. The molecule has 0 aromatic heterocycles. The van der Waals surface area contributed by atoms with Crippen LogP contribution in [-0.4, -0.2) is 36.5 Å². The molecule has 0 bridgehead atoms. The van der Waals surface area contributed by atoms with Crippen LogP contribution in [-0.2, 0) is 16.1 Å². The Balaban J connectivity index is 1.82. The Bertz CT molecular complexity index is 480. The Morgan fingerprint density at radius 1 is 1.22 bits per heavy atom. The molecule has 128 valence electrons. The van der Waals surface area contributed by atoms with Crippen molar-refractivity contribution >= 4 is 11.6 Å². The molecule has 1 fully saturated rings. The Kier molecular flexibility index (Phi) is 7.56. The molecule has 1 aliphatic rings. The van der Waals surface area contributed by atoms with Gasteiger partial charge in [-0.05, 0) is 43.6 Å². The Morgan fingerprint density at radius 2 is 1.96 bits per heavy atom. The van der Waals surface area contributed by atoms with Gasteiger partial charge in [0.1, 0.15) is 0 Å². The van der Waals surface area contributed by atoms with E-state index < -0.39 is 0 Å². The molecule has 0 heterocycles. The largest absolute Gasteiger partial charge is 0.374 e. The van der Waals surface area contributed by atoms with E-state index in [4.69, 9.17) is 4.74 Å². The summed E-state index contributed by atoms with van der Waals surface area (Å²) in [5, 5.41) is 2.98. The lowest BCUT2D eigenvalue weighted by atomic mass is 9.98. The van der Waals surface area contributed by atoms with E-state index in [1.807, 2.05) is 18.2 Å². The minimum atomic E-state index is 0.0408. The van der Waals surface area contributed by atoms with Crippen LogP contribution >= 0.6 is 0 Å². The van der Waals surface area contributed by atoms with E-state index in [0.29, 0.717) is 19.3 Å². The number of nitrogens with one attached hydrogen (secondary N) is 1. The number of likely N-dealkylation sites (N-methyl/N-ethyl adjacent to an activating group) is 1. The molecule has 0 radical (unpaired) electrons. The number of rotatable bonds is 8. The second-order valence-electron chi connectivity index (χ2n) is 6.28. The smallest absolute Gasteiger partial charge is 0.238 e. The van der Waals surface area contributed by atoms with Gasteiger partial charge in [-0.2, -0.15) is 0 Å². The van der Waals surface area contributed by atoms with E-state index in [1.54, 1.807) is 0 Å². The van der Waals surface area contributed by atoms with Crippen molar-refractivity contribution in [1.29, 1.82) is 0 Å². The summed E-state index contributed by atoms with van der Waals surface area (Å²) >= 11 is 0. The predicted molar refractivity (Wildman–Crippen MR) is 94.5 cm³/mol. The van der Waals surface area contributed by atoms with Crippen LogP contribution in [0.15, 0.2) is 24.3 Å². The van der Waals surface area contributed by atoms with Gasteiger partial charge < -0.3 is 10.1 Å². The fourth-order valence-electron chi connectivity index (χ4n) is 3.04. The number of amides is 1.